The minimum absolute atomic E-state index is 0.250. The second kappa shape index (κ2) is 15.7. The summed E-state index contributed by atoms with van der Waals surface area (Å²) in [7, 11) is 0. The first kappa shape index (κ1) is 11.2. The summed E-state index contributed by atoms with van der Waals surface area (Å²) in [5, 5.41) is 0. The molecule has 0 N–H and O–H groups in total. The number of rotatable bonds is 1. The van der Waals surface area contributed by atoms with Gasteiger partial charge in [0.15, 0.2) is 0 Å². The molecule has 7 heavy (non-hydrogen) atoms. The Bertz CT molecular complexity index is 30.9. The van der Waals surface area contributed by atoms with Gasteiger partial charge in [-0.3, -0.25) is 0 Å². The van der Waals surface area contributed by atoms with Gasteiger partial charge in [0, 0.05) is 0 Å². The molecule has 0 fully saturated rings. The Hall–Kier alpha value is 1.32. The molecule has 0 amide bonds. The number of allylic oxidation sites excluding steroid dienone is 1. The molecule has 0 saturated carbocycles. The molecule has 0 nitrogen and oxygen atoms in total. The van der Waals surface area contributed by atoms with Crippen LogP contribution in [0.2, 0.25) is 0 Å². The zero-order valence-corrected chi connectivity index (χ0v) is 10.3. The average molecular weight is 280 g/mol. The monoisotopic (exact) mass is 277 g/mol. The van der Waals surface area contributed by atoms with Crippen LogP contribution >= 0.6 is 27.2 Å². The summed E-state index contributed by atoms with van der Waals surface area (Å²) in [6, 6.07) is 0. The zero-order valence-electron chi connectivity index (χ0n) is 4.16. The quantitative estimate of drug-likeness (QED) is 0.511. The molecule has 0 unspecified atom stereocenters. The van der Waals surface area contributed by atoms with Crippen molar-refractivity contribution in [1.82, 2.24) is 0 Å². The Morgan fingerprint density at radius 3 is 1.71 bits per heavy atom. The molecule has 3 heteroatoms. The summed E-state index contributed by atoms with van der Waals surface area (Å²) in [6.07, 6.45) is 2.60. The molecule has 0 saturated heterocycles. The van der Waals surface area contributed by atoms with Crippen molar-refractivity contribution < 1.29 is 13.2 Å². The van der Waals surface area contributed by atoms with E-state index in [0.717, 1.165) is 6.42 Å². The second-order valence-electron chi connectivity index (χ2n) is 0.678. The van der Waals surface area contributed by atoms with Crippen LogP contribution in [0.5, 0.6) is 0 Å². The Balaban J connectivity index is 0. The fourth-order valence-corrected chi connectivity index (χ4v) is 0. The van der Waals surface area contributed by atoms with Gasteiger partial charge in [0.25, 0.3) is 0 Å². The molecular weight excluding hydrogens is 273 g/mol. The van der Waals surface area contributed by atoms with E-state index >= 15 is 0 Å². The van der Waals surface area contributed by atoms with Crippen LogP contribution in [0.25, 0.3) is 0 Å². The maximum absolute atomic E-state index is 3.49. The van der Waals surface area contributed by atoms with Crippen molar-refractivity contribution in [3.63, 3.8) is 0 Å². The fraction of sp³-hybridized carbons (Fsp3) is 0.250. The summed E-state index contributed by atoms with van der Waals surface area (Å²) >= 11 is 6.25. The molecule has 0 aromatic rings. The van der Waals surface area contributed by atoms with Crippen LogP contribution in [0.3, 0.4) is 0 Å². The largest absolute Gasteiger partial charge is 0.103 e. The van der Waals surface area contributed by atoms with Crippen molar-refractivity contribution in [1.29, 1.82) is 0 Å². The molecule has 0 rings (SSSR count). The first-order valence-corrected chi connectivity index (χ1v) is 15.7. The summed E-state index contributed by atoms with van der Waals surface area (Å²) in [5.41, 5.74) is 0. The standard InChI is InChI=1S/C4H7.2BrH.Zn/c1-3-4-2;;;/h3H,1-2,4H2;2*1H;/q;;;+2/p-2. The predicted octanol–water partition coefficient (Wildman–Crippen LogP) is 3.09. The number of halogens is 2. The average Bonchev–Trinajstić information content (AvgIpc) is 1.69. The minimum atomic E-state index is -0.250. The number of hydrogen-bond acceptors (Lipinski definition) is 0. The topological polar surface area (TPSA) is 0 Å². The first-order chi connectivity index (χ1) is 3.33. The van der Waals surface area contributed by atoms with Gasteiger partial charge in [-0.1, -0.05) is 6.08 Å². The molecule has 1 radical (unpaired) electrons. The normalized spacial score (nSPS) is 5.00. The molecule has 0 aromatic carbocycles. The molecule has 0 heterocycles. The van der Waals surface area contributed by atoms with Crippen LogP contribution in [0.4, 0.5) is 0 Å². The van der Waals surface area contributed by atoms with Gasteiger partial charge >= 0.3 is 40.5 Å². The van der Waals surface area contributed by atoms with Crippen LogP contribution in [0, 0.1) is 6.92 Å². The summed E-state index contributed by atoms with van der Waals surface area (Å²) < 4.78 is 0. The van der Waals surface area contributed by atoms with Gasteiger partial charge in [-0.2, -0.15) is 0 Å². The maximum atomic E-state index is 3.49. The van der Waals surface area contributed by atoms with Crippen molar-refractivity contribution in [2.24, 2.45) is 0 Å². The van der Waals surface area contributed by atoms with Crippen LogP contribution in [-0.2, 0) is 13.2 Å². The second-order valence-corrected chi connectivity index (χ2v) is 14.7. The molecular formula is C4H7Br2Zn. The van der Waals surface area contributed by atoms with E-state index in [2.05, 4.69) is 40.7 Å². The molecule has 0 aliphatic carbocycles. The predicted molar refractivity (Wildman–Crippen MR) is 38.0 cm³/mol. The van der Waals surface area contributed by atoms with Crippen LogP contribution < -0.4 is 0 Å². The molecule has 0 aliphatic rings. The van der Waals surface area contributed by atoms with Crippen LogP contribution in [0.15, 0.2) is 12.7 Å². The van der Waals surface area contributed by atoms with Gasteiger partial charge < -0.3 is 0 Å². The first-order valence-electron chi connectivity index (χ1n) is 1.85. The van der Waals surface area contributed by atoms with Gasteiger partial charge in [-0.25, -0.2) is 0 Å². The Morgan fingerprint density at radius 1 is 1.57 bits per heavy atom. The maximum Gasteiger partial charge on any atom is -0.0353 e. The van der Waals surface area contributed by atoms with E-state index < -0.39 is 0 Å². The molecule has 0 spiro atoms. The molecule has 0 bridgehead atoms. The fourth-order valence-electron chi connectivity index (χ4n) is 0. The van der Waals surface area contributed by atoms with E-state index in [1.54, 1.807) is 6.08 Å². The van der Waals surface area contributed by atoms with Crippen molar-refractivity contribution in [3.8, 4) is 0 Å². The zero-order chi connectivity index (χ0) is 6.12. The SMILES string of the molecule is [Br][Zn][Br].[CH2]CC=C. The molecule has 0 atom stereocenters. The Labute approximate surface area is 66.1 Å². The van der Waals surface area contributed by atoms with Gasteiger partial charge in [0.2, 0.25) is 0 Å². The van der Waals surface area contributed by atoms with Crippen LogP contribution in [-0.4, -0.2) is 0 Å². The van der Waals surface area contributed by atoms with E-state index in [1.165, 1.54) is 0 Å². The van der Waals surface area contributed by atoms with Crippen LogP contribution in [0.1, 0.15) is 6.42 Å². The molecule has 0 aliphatic heterocycles. The third-order valence-corrected chi connectivity index (χ3v) is 0.204. The van der Waals surface area contributed by atoms with Gasteiger partial charge in [-0.05, 0) is 13.3 Å². The van der Waals surface area contributed by atoms with Crippen molar-refractivity contribution in [2.75, 3.05) is 0 Å². The van der Waals surface area contributed by atoms with E-state index in [-0.39, 0.29) is 13.2 Å². The summed E-state index contributed by atoms with van der Waals surface area (Å²) in [4.78, 5) is 0. The number of hydrogen-bond donors (Lipinski definition) is 0. The third kappa shape index (κ3) is 38.4. The van der Waals surface area contributed by atoms with E-state index in [0.29, 0.717) is 0 Å². The van der Waals surface area contributed by atoms with Crippen molar-refractivity contribution in [2.45, 2.75) is 6.42 Å². The smallest absolute Gasteiger partial charge is 0.0353 e. The molecule has 0 aromatic heterocycles. The van der Waals surface area contributed by atoms with Gasteiger partial charge in [0.1, 0.15) is 0 Å². The summed E-state index contributed by atoms with van der Waals surface area (Å²) in [6.45, 7) is 6.90. The van der Waals surface area contributed by atoms with Crippen molar-refractivity contribution in [3.05, 3.63) is 19.6 Å². The van der Waals surface area contributed by atoms with E-state index in [9.17, 15) is 0 Å². The third-order valence-electron chi connectivity index (χ3n) is 0.204. The Kier molecular flexibility index (Phi) is 25.0. The van der Waals surface area contributed by atoms with E-state index in [4.69, 9.17) is 0 Å². The molecule has 39 valence electrons. The van der Waals surface area contributed by atoms with E-state index in [1.807, 2.05) is 0 Å². The minimum Gasteiger partial charge on any atom is -0.103 e. The van der Waals surface area contributed by atoms with Crippen molar-refractivity contribution >= 4 is 27.2 Å². The van der Waals surface area contributed by atoms with Gasteiger partial charge in [-0.15, -0.1) is 6.58 Å². The summed E-state index contributed by atoms with van der Waals surface area (Å²) in [5.74, 6) is 0. The Morgan fingerprint density at radius 2 is 1.71 bits per heavy atom. The van der Waals surface area contributed by atoms with Gasteiger partial charge in [0.05, 0.1) is 0 Å².